The highest BCUT2D eigenvalue weighted by atomic mass is 16.5. The summed E-state index contributed by atoms with van der Waals surface area (Å²) in [6, 6.07) is 12.8. The Morgan fingerprint density at radius 2 is 1.83 bits per heavy atom. The largest absolute Gasteiger partial charge is 0.497 e. The molecule has 0 saturated heterocycles. The predicted octanol–water partition coefficient (Wildman–Crippen LogP) is 3.44. The van der Waals surface area contributed by atoms with Crippen LogP contribution in [0.15, 0.2) is 69.9 Å². The van der Waals surface area contributed by atoms with E-state index in [-0.39, 0.29) is 30.8 Å². The summed E-state index contributed by atoms with van der Waals surface area (Å²) in [6.07, 6.45) is 6.77. The summed E-state index contributed by atoms with van der Waals surface area (Å²) < 4.78 is 16.0. The monoisotopic (exact) mass is 479 g/mol. The molecule has 1 aliphatic carbocycles. The maximum atomic E-state index is 13.5. The molecule has 4 rings (SSSR count). The van der Waals surface area contributed by atoms with Crippen LogP contribution in [0.5, 0.6) is 5.75 Å². The van der Waals surface area contributed by atoms with E-state index < -0.39 is 17.9 Å². The van der Waals surface area contributed by atoms with Crippen LogP contribution in [-0.2, 0) is 16.1 Å². The number of ether oxygens (including phenoxy) is 1. The number of hydrogen-bond donors (Lipinski definition) is 2. The zero-order valence-corrected chi connectivity index (χ0v) is 19.6. The Hall–Kier alpha value is -4.01. The van der Waals surface area contributed by atoms with Crippen molar-refractivity contribution in [3.63, 3.8) is 0 Å². The van der Waals surface area contributed by atoms with E-state index in [2.05, 4.69) is 10.6 Å². The van der Waals surface area contributed by atoms with Crippen molar-refractivity contribution < 1.29 is 28.0 Å². The lowest BCUT2D eigenvalue weighted by Gasteiger charge is -2.31. The number of furan rings is 2. The van der Waals surface area contributed by atoms with E-state index in [1.165, 1.54) is 23.5 Å². The van der Waals surface area contributed by atoms with Crippen molar-refractivity contribution in [3.05, 3.63) is 78.1 Å². The predicted molar refractivity (Wildman–Crippen MR) is 126 cm³/mol. The molecule has 9 nitrogen and oxygen atoms in total. The minimum absolute atomic E-state index is 0.0624. The molecule has 1 aliphatic rings. The lowest BCUT2D eigenvalue weighted by Crippen LogP contribution is -2.48. The molecule has 1 atom stereocenters. The molecule has 0 radical (unpaired) electrons. The van der Waals surface area contributed by atoms with Gasteiger partial charge in [0.2, 0.25) is 5.91 Å². The van der Waals surface area contributed by atoms with Crippen LogP contribution in [0.3, 0.4) is 0 Å². The topological polar surface area (TPSA) is 114 Å². The smallest absolute Gasteiger partial charge is 0.287 e. The summed E-state index contributed by atoms with van der Waals surface area (Å²) in [4.78, 5) is 40.7. The first kappa shape index (κ1) is 24.1. The molecule has 2 heterocycles. The molecular formula is C26H29N3O6. The third-order valence-corrected chi connectivity index (χ3v) is 6.03. The molecule has 2 N–H and O–H groups in total. The number of amides is 3. The summed E-state index contributed by atoms with van der Waals surface area (Å²) in [5.74, 6) is -0.218. The van der Waals surface area contributed by atoms with E-state index in [9.17, 15) is 14.4 Å². The number of methoxy groups -OCH3 is 1. The number of benzene rings is 1. The molecule has 3 amide bonds. The number of nitrogens with zero attached hydrogens (tertiary/aromatic N) is 1. The molecule has 0 unspecified atom stereocenters. The van der Waals surface area contributed by atoms with Crippen LogP contribution in [0.2, 0.25) is 0 Å². The van der Waals surface area contributed by atoms with Gasteiger partial charge in [-0.05, 0) is 54.8 Å². The Morgan fingerprint density at radius 3 is 2.51 bits per heavy atom. The lowest BCUT2D eigenvalue weighted by molar-refractivity contribution is -0.141. The van der Waals surface area contributed by atoms with Gasteiger partial charge in [-0.2, -0.15) is 0 Å². The Balaban J connectivity index is 1.60. The average Bonchev–Trinajstić information content (AvgIpc) is 3.66. The zero-order chi connectivity index (χ0) is 24.6. The van der Waals surface area contributed by atoms with Gasteiger partial charge in [-0.1, -0.05) is 25.0 Å². The highest BCUT2D eigenvalue weighted by Gasteiger charge is 2.35. The van der Waals surface area contributed by atoms with E-state index in [0.717, 1.165) is 31.2 Å². The van der Waals surface area contributed by atoms with Gasteiger partial charge < -0.3 is 29.1 Å². The van der Waals surface area contributed by atoms with Gasteiger partial charge in [-0.25, -0.2) is 0 Å². The Kier molecular flexibility index (Phi) is 7.87. The van der Waals surface area contributed by atoms with Crippen LogP contribution in [0.1, 0.15) is 53.6 Å². The maximum Gasteiger partial charge on any atom is 0.287 e. The molecule has 184 valence electrons. The standard InChI is InChI=1S/C26H29N3O6/c1-33-20-10-4-7-18(15-20)17-29(23(30)16-27-25(31)22-12-6-14-35-22)24(21-11-5-13-34-21)26(32)28-19-8-2-3-9-19/h4-7,10-15,19,24H,2-3,8-9,16-17H2,1H3,(H,27,31)(H,28,32)/t24-/m0/s1. The second-order valence-electron chi connectivity index (χ2n) is 8.44. The highest BCUT2D eigenvalue weighted by molar-refractivity contribution is 5.95. The second kappa shape index (κ2) is 11.4. The summed E-state index contributed by atoms with van der Waals surface area (Å²) in [5.41, 5.74) is 0.764. The first-order valence-corrected chi connectivity index (χ1v) is 11.6. The van der Waals surface area contributed by atoms with Crippen molar-refractivity contribution in [2.24, 2.45) is 0 Å². The molecule has 0 bridgehead atoms. The molecule has 0 spiro atoms. The lowest BCUT2D eigenvalue weighted by atomic mass is 10.1. The minimum atomic E-state index is -1.01. The first-order valence-electron chi connectivity index (χ1n) is 11.6. The Morgan fingerprint density at radius 1 is 1.06 bits per heavy atom. The van der Waals surface area contributed by atoms with Crippen molar-refractivity contribution in [1.29, 1.82) is 0 Å². The summed E-state index contributed by atoms with van der Waals surface area (Å²) >= 11 is 0. The molecule has 35 heavy (non-hydrogen) atoms. The number of carbonyl (C=O) groups is 3. The van der Waals surface area contributed by atoms with Gasteiger partial charge in [0, 0.05) is 12.6 Å². The fourth-order valence-corrected chi connectivity index (χ4v) is 4.26. The van der Waals surface area contributed by atoms with Crippen molar-refractivity contribution in [3.8, 4) is 5.75 Å². The third-order valence-electron chi connectivity index (χ3n) is 6.03. The fraction of sp³-hybridized carbons (Fsp3) is 0.346. The van der Waals surface area contributed by atoms with E-state index in [1.54, 1.807) is 37.4 Å². The molecule has 0 aliphatic heterocycles. The number of carbonyl (C=O) groups excluding carboxylic acids is 3. The minimum Gasteiger partial charge on any atom is -0.497 e. The van der Waals surface area contributed by atoms with Gasteiger partial charge in [0.15, 0.2) is 11.8 Å². The van der Waals surface area contributed by atoms with Crippen LogP contribution >= 0.6 is 0 Å². The highest BCUT2D eigenvalue weighted by Crippen LogP contribution is 2.27. The van der Waals surface area contributed by atoms with Crippen molar-refractivity contribution >= 4 is 17.7 Å². The van der Waals surface area contributed by atoms with Gasteiger partial charge in [0.25, 0.3) is 11.8 Å². The number of nitrogens with one attached hydrogen (secondary N) is 2. The van der Waals surface area contributed by atoms with E-state index in [0.29, 0.717) is 11.5 Å². The second-order valence-corrected chi connectivity index (χ2v) is 8.44. The molecule has 1 fully saturated rings. The van der Waals surface area contributed by atoms with E-state index in [1.807, 2.05) is 12.1 Å². The molecule has 2 aromatic heterocycles. The SMILES string of the molecule is COc1cccc(CN(C(=O)CNC(=O)c2ccco2)[C@H](C(=O)NC2CCCC2)c2ccco2)c1. The zero-order valence-electron chi connectivity index (χ0n) is 19.6. The number of rotatable bonds is 10. The normalized spacial score (nSPS) is 14.3. The maximum absolute atomic E-state index is 13.5. The Labute approximate surface area is 203 Å². The Bertz CT molecular complexity index is 1120. The summed E-state index contributed by atoms with van der Waals surface area (Å²) in [6.45, 7) is -0.215. The molecule has 1 saturated carbocycles. The van der Waals surface area contributed by atoms with Crippen LogP contribution in [-0.4, -0.2) is 42.3 Å². The molecular weight excluding hydrogens is 450 g/mol. The third kappa shape index (κ3) is 6.11. The summed E-state index contributed by atoms with van der Waals surface area (Å²) in [7, 11) is 1.56. The van der Waals surface area contributed by atoms with Crippen molar-refractivity contribution in [1.82, 2.24) is 15.5 Å². The van der Waals surface area contributed by atoms with Crippen LogP contribution in [0, 0.1) is 0 Å². The van der Waals surface area contributed by atoms with Gasteiger partial charge in [0.1, 0.15) is 11.5 Å². The van der Waals surface area contributed by atoms with E-state index >= 15 is 0 Å². The quantitative estimate of drug-likeness (QED) is 0.461. The molecule has 9 heteroatoms. The van der Waals surface area contributed by atoms with Gasteiger partial charge in [-0.3, -0.25) is 14.4 Å². The van der Waals surface area contributed by atoms with Gasteiger partial charge in [0.05, 0.1) is 26.2 Å². The summed E-state index contributed by atoms with van der Waals surface area (Å²) in [5, 5.41) is 5.65. The van der Waals surface area contributed by atoms with Crippen LogP contribution < -0.4 is 15.4 Å². The van der Waals surface area contributed by atoms with Crippen LogP contribution in [0.25, 0.3) is 0 Å². The number of hydrogen-bond acceptors (Lipinski definition) is 6. The first-order chi connectivity index (χ1) is 17.0. The molecule has 1 aromatic carbocycles. The van der Waals surface area contributed by atoms with Crippen molar-refractivity contribution in [2.75, 3.05) is 13.7 Å². The van der Waals surface area contributed by atoms with E-state index in [4.69, 9.17) is 13.6 Å². The van der Waals surface area contributed by atoms with Gasteiger partial charge in [-0.15, -0.1) is 0 Å². The molecule has 3 aromatic rings. The average molecular weight is 480 g/mol. The van der Waals surface area contributed by atoms with Crippen LogP contribution in [0.4, 0.5) is 0 Å². The van der Waals surface area contributed by atoms with Crippen molar-refractivity contribution in [2.45, 2.75) is 44.3 Å². The van der Waals surface area contributed by atoms with Gasteiger partial charge >= 0.3 is 0 Å². The fourth-order valence-electron chi connectivity index (χ4n) is 4.26.